The first-order valence-electron chi connectivity index (χ1n) is 9.96. The molecule has 1 amide bonds. The summed E-state index contributed by atoms with van der Waals surface area (Å²) in [6, 6.07) is 12.8. The van der Waals surface area contributed by atoms with E-state index in [0.29, 0.717) is 10.4 Å². The van der Waals surface area contributed by atoms with Gasteiger partial charge in [-0.15, -0.1) is 11.3 Å². The average molecular weight is 478 g/mol. The summed E-state index contributed by atoms with van der Waals surface area (Å²) in [5.41, 5.74) is 0.681. The molecule has 0 saturated heterocycles. The lowest BCUT2D eigenvalue weighted by Crippen LogP contribution is -2.37. The second kappa shape index (κ2) is 10.1. The molecule has 6 nitrogen and oxygen atoms in total. The van der Waals surface area contributed by atoms with Gasteiger partial charge in [-0.2, -0.15) is 8.42 Å². The minimum absolute atomic E-state index is 0.0120. The third-order valence-corrected chi connectivity index (χ3v) is 7.10. The zero-order chi connectivity index (χ0) is 23.3. The van der Waals surface area contributed by atoms with Crippen molar-refractivity contribution in [1.29, 1.82) is 0 Å². The van der Waals surface area contributed by atoms with Crippen LogP contribution in [0.1, 0.15) is 35.5 Å². The molecule has 0 fully saturated rings. The number of thiophene rings is 1. The molecule has 9 heteroatoms. The smallest absolute Gasteiger partial charge is 0.339 e. The standard InChI is InChI=1S/C23H24FNO5S2/c1-4-16(2)25(23(26)22-6-5-13-31-22)15-17-7-12-20(29-3)21(14-17)30-32(27,28)19-10-8-18(24)9-11-19/h5-14,16H,4,15H2,1-3H3. The fourth-order valence-corrected chi connectivity index (χ4v) is 4.65. The fraction of sp³-hybridized carbons (Fsp3) is 0.261. The van der Waals surface area contributed by atoms with Crippen LogP contribution in [-0.2, 0) is 16.7 Å². The average Bonchev–Trinajstić information content (AvgIpc) is 3.32. The van der Waals surface area contributed by atoms with Gasteiger partial charge in [-0.25, -0.2) is 4.39 Å². The van der Waals surface area contributed by atoms with E-state index in [1.54, 1.807) is 23.1 Å². The summed E-state index contributed by atoms with van der Waals surface area (Å²) in [5, 5.41) is 1.85. The van der Waals surface area contributed by atoms with Crippen LogP contribution in [0.5, 0.6) is 11.5 Å². The van der Waals surface area contributed by atoms with Gasteiger partial charge >= 0.3 is 10.1 Å². The summed E-state index contributed by atoms with van der Waals surface area (Å²) in [6.45, 7) is 4.23. The SMILES string of the molecule is CCC(C)N(Cc1ccc(OC)c(OS(=O)(=O)c2ccc(F)cc2)c1)C(=O)c1cccs1. The number of benzene rings is 2. The molecule has 32 heavy (non-hydrogen) atoms. The van der Waals surface area contributed by atoms with Gasteiger partial charge in [0.15, 0.2) is 11.5 Å². The van der Waals surface area contributed by atoms with Crippen molar-refractivity contribution in [2.75, 3.05) is 7.11 Å². The molecule has 0 aliphatic carbocycles. The maximum absolute atomic E-state index is 13.2. The molecular formula is C23H24FNO5S2. The summed E-state index contributed by atoms with van der Waals surface area (Å²) in [4.78, 5) is 15.2. The molecular weight excluding hydrogens is 453 g/mol. The maximum Gasteiger partial charge on any atom is 0.339 e. The van der Waals surface area contributed by atoms with Crippen LogP contribution in [0.4, 0.5) is 4.39 Å². The van der Waals surface area contributed by atoms with E-state index < -0.39 is 15.9 Å². The lowest BCUT2D eigenvalue weighted by Gasteiger charge is -2.28. The number of hydrogen-bond donors (Lipinski definition) is 0. The number of nitrogens with zero attached hydrogens (tertiary/aromatic N) is 1. The van der Waals surface area contributed by atoms with Gasteiger partial charge in [0, 0.05) is 12.6 Å². The Morgan fingerprint density at radius 2 is 1.84 bits per heavy atom. The summed E-state index contributed by atoms with van der Waals surface area (Å²) in [5.74, 6) is -0.434. The molecule has 0 radical (unpaired) electrons. The summed E-state index contributed by atoms with van der Waals surface area (Å²) in [7, 11) is -2.81. The van der Waals surface area contributed by atoms with Crippen molar-refractivity contribution in [2.24, 2.45) is 0 Å². The van der Waals surface area contributed by atoms with Gasteiger partial charge in [-0.05, 0) is 66.8 Å². The first-order valence-corrected chi connectivity index (χ1v) is 12.3. The molecule has 3 rings (SSSR count). The number of rotatable bonds is 9. The van der Waals surface area contributed by atoms with Crippen LogP contribution in [0.2, 0.25) is 0 Å². The zero-order valence-corrected chi connectivity index (χ0v) is 19.6. The molecule has 1 heterocycles. The first-order chi connectivity index (χ1) is 15.2. The predicted octanol–water partition coefficient (Wildman–Crippen LogP) is 5.10. The van der Waals surface area contributed by atoms with Crippen molar-refractivity contribution in [3.05, 3.63) is 76.2 Å². The number of amides is 1. The topological polar surface area (TPSA) is 72.9 Å². The van der Waals surface area contributed by atoms with E-state index in [0.717, 1.165) is 30.7 Å². The van der Waals surface area contributed by atoms with Gasteiger partial charge in [0.25, 0.3) is 5.91 Å². The van der Waals surface area contributed by atoms with Crippen molar-refractivity contribution in [3.8, 4) is 11.5 Å². The van der Waals surface area contributed by atoms with Crippen LogP contribution >= 0.6 is 11.3 Å². The number of carbonyl (C=O) groups excluding carboxylic acids is 1. The highest BCUT2D eigenvalue weighted by Gasteiger charge is 2.24. The van der Waals surface area contributed by atoms with E-state index in [1.165, 1.54) is 24.5 Å². The van der Waals surface area contributed by atoms with E-state index in [1.807, 2.05) is 25.3 Å². The molecule has 0 bridgehead atoms. The second-order valence-corrected chi connectivity index (χ2v) is 9.64. The van der Waals surface area contributed by atoms with Crippen molar-refractivity contribution in [1.82, 2.24) is 4.90 Å². The molecule has 1 aromatic heterocycles. The van der Waals surface area contributed by atoms with Gasteiger partial charge < -0.3 is 13.8 Å². The predicted molar refractivity (Wildman–Crippen MR) is 121 cm³/mol. The molecule has 0 N–H and O–H groups in total. The molecule has 0 aliphatic heterocycles. The molecule has 2 aromatic carbocycles. The Labute approximate surface area is 191 Å². The second-order valence-electron chi connectivity index (χ2n) is 7.14. The van der Waals surface area contributed by atoms with E-state index in [9.17, 15) is 17.6 Å². The zero-order valence-electron chi connectivity index (χ0n) is 17.9. The lowest BCUT2D eigenvalue weighted by molar-refractivity contribution is 0.0676. The number of carbonyl (C=O) groups is 1. The molecule has 1 unspecified atom stereocenters. The largest absolute Gasteiger partial charge is 0.493 e. The Balaban J connectivity index is 1.90. The molecule has 3 aromatic rings. The van der Waals surface area contributed by atoms with Crippen LogP contribution in [0.25, 0.3) is 0 Å². The van der Waals surface area contributed by atoms with E-state index in [4.69, 9.17) is 8.92 Å². The van der Waals surface area contributed by atoms with E-state index >= 15 is 0 Å². The minimum atomic E-state index is -4.21. The van der Waals surface area contributed by atoms with E-state index in [2.05, 4.69) is 0 Å². The maximum atomic E-state index is 13.2. The van der Waals surface area contributed by atoms with Crippen LogP contribution in [0, 0.1) is 5.82 Å². The molecule has 0 aliphatic rings. The third-order valence-electron chi connectivity index (χ3n) is 5.00. The van der Waals surface area contributed by atoms with Crippen molar-refractivity contribution in [2.45, 2.75) is 37.8 Å². The Bertz CT molecular complexity index is 1160. The first kappa shape index (κ1) is 23.7. The Kier molecular flexibility index (Phi) is 7.52. The number of hydrogen-bond acceptors (Lipinski definition) is 6. The summed E-state index contributed by atoms with van der Waals surface area (Å²) < 4.78 is 49.1. The number of methoxy groups -OCH3 is 1. The van der Waals surface area contributed by atoms with Crippen molar-refractivity contribution >= 4 is 27.4 Å². The van der Waals surface area contributed by atoms with Crippen LogP contribution in [-0.4, -0.2) is 32.4 Å². The highest BCUT2D eigenvalue weighted by atomic mass is 32.2. The lowest BCUT2D eigenvalue weighted by atomic mass is 10.1. The van der Waals surface area contributed by atoms with Gasteiger partial charge in [0.2, 0.25) is 0 Å². The molecule has 0 saturated carbocycles. The van der Waals surface area contributed by atoms with Gasteiger partial charge in [0.05, 0.1) is 12.0 Å². The Hall–Kier alpha value is -2.91. The normalized spacial score (nSPS) is 12.2. The molecule has 170 valence electrons. The van der Waals surface area contributed by atoms with Gasteiger partial charge in [-0.3, -0.25) is 4.79 Å². The molecule has 0 spiro atoms. The van der Waals surface area contributed by atoms with E-state index in [-0.39, 0.29) is 34.9 Å². The summed E-state index contributed by atoms with van der Waals surface area (Å²) in [6.07, 6.45) is 0.759. The number of halogens is 1. The quantitative estimate of drug-likeness (QED) is 0.401. The van der Waals surface area contributed by atoms with Gasteiger partial charge in [-0.1, -0.05) is 19.1 Å². The highest BCUT2D eigenvalue weighted by Crippen LogP contribution is 2.32. The fourth-order valence-electron chi connectivity index (χ4n) is 3.04. The van der Waals surface area contributed by atoms with Gasteiger partial charge in [0.1, 0.15) is 10.7 Å². The monoisotopic (exact) mass is 477 g/mol. The van der Waals surface area contributed by atoms with Crippen LogP contribution < -0.4 is 8.92 Å². The van der Waals surface area contributed by atoms with Crippen molar-refractivity contribution in [3.63, 3.8) is 0 Å². The number of ether oxygens (including phenoxy) is 1. The Morgan fingerprint density at radius 1 is 1.12 bits per heavy atom. The highest BCUT2D eigenvalue weighted by molar-refractivity contribution is 7.87. The van der Waals surface area contributed by atoms with Crippen LogP contribution in [0.15, 0.2) is 64.9 Å². The third kappa shape index (κ3) is 5.46. The Morgan fingerprint density at radius 3 is 2.44 bits per heavy atom. The van der Waals surface area contributed by atoms with Crippen LogP contribution in [0.3, 0.4) is 0 Å². The molecule has 1 atom stereocenters. The van der Waals surface area contributed by atoms with Crippen molar-refractivity contribution < 1.29 is 26.5 Å². The summed E-state index contributed by atoms with van der Waals surface area (Å²) >= 11 is 1.37. The minimum Gasteiger partial charge on any atom is -0.493 e.